The van der Waals surface area contributed by atoms with E-state index >= 15 is 0 Å². The van der Waals surface area contributed by atoms with E-state index in [2.05, 4.69) is 4.74 Å². The molecule has 0 amide bonds. The van der Waals surface area contributed by atoms with Crippen molar-refractivity contribution in [2.45, 2.75) is 6.10 Å². The van der Waals surface area contributed by atoms with Crippen LogP contribution in [-0.2, 0) is 9.53 Å². The molecule has 0 aliphatic rings. The van der Waals surface area contributed by atoms with Gasteiger partial charge in [0.2, 0.25) is 0 Å². The van der Waals surface area contributed by atoms with E-state index in [1.807, 2.05) is 0 Å². The minimum absolute atomic E-state index is 0.0787. The summed E-state index contributed by atoms with van der Waals surface area (Å²) in [5, 5.41) is 9.56. The van der Waals surface area contributed by atoms with Crippen LogP contribution in [0.3, 0.4) is 0 Å². The number of rotatable bonds is 3. The molecule has 0 saturated heterocycles. The van der Waals surface area contributed by atoms with Gasteiger partial charge in [0.25, 0.3) is 0 Å². The van der Waals surface area contributed by atoms with Crippen LogP contribution in [0.5, 0.6) is 0 Å². The van der Waals surface area contributed by atoms with E-state index in [0.717, 1.165) is 11.3 Å². The number of hydrogen-bond acceptors (Lipinski definition) is 3. The first-order valence-electron chi connectivity index (χ1n) is 3.15. The summed E-state index contributed by atoms with van der Waals surface area (Å²) in [6.45, 7) is 0. The highest BCUT2D eigenvalue weighted by atomic mass is 32.1. The Kier molecular flexibility index (Phi) is 2.78. The van der Waals surface area contributed by atoms with Gasteiger partial charge in [-0.2, -0.15) is 4.39 Å². The van der Waals surface area contributed by atoms with Crippen molar-refractivity contribution in [3.05, 3.63) is 22.1 Å². The van der Waals surface area contributed by atoms with E-state index in [1.165, 1.54) is 18.6 Å². The van der Waals surface area contributed by atoms with Gasteiger partial charge in [-0.15, -0.1) is 11.3 Å². The maximum Gasteiger partial charge on any atom is 0.337 e. The van der Waals surface area contributed by atoms with Gasteiger partial charge >= 0.3 is 5.97 Å². The van der Waals surface area contributed by atoms with Crippen LogP contribution in [0.25, 0.3) is 0 Å². The van der Waals surface area contributed by atoms with Crippen LogP contribution < -0.4 is 0 Å². The maximum atomic E-state index is 12.8. The third-order valence-electron chi connectivity index (χ3n) is 1.39. The van der Waals surface area contributed by atoms with Crippen molar-refractivity contribution in [1.29, 1.82) is 0 Å². The van der Waals surface area contributed by atoms with Crippen molar-refractivity contribution >= 4 is 17.3 Å². The Labute approximate surface area is 72.4 Å². The number of methoxy groups -OCH3 is 1. The summed E-state index contributed by atoms with van der Waals surface area (Å²) in [5.74, 6) is -1.19. The van der Waals surface area contributed by atoms with E-state index in [0.29, 0.717) is 0 Å². The highest BCUT2D eigenvalue weighted by Crippen LogP contribution is 2.24. The second kappa shape index (κ2) is 3.64. The molecule has 1 rings (SSSR count). The highest BCUT2D eigenvalue weighted by Gasteiger charge is 2.22. The van der Waals surface area contributed by atoms with Crippen LogP contribution in [0, 0.1) is 5.13 Å². The molecule has 12 heavy (non-hydrogen) atoms. The largest absolute Gasteiger partial charge is 0.479 e. The molecule has 0 aromatic carbocycles. The van der Waals surface area contributed by atoms with Gasteiger partial charge in [-0.05, 0) is 11.4 Å². The lowest BCUT2D eigenvalue weighted by atomic mass is 10.2. The van der Waals surface area contributed by atoms with Crippen molar-refractivity contribution in [3.8, 4) is 0 Å². The normalized spacial score (nSPS) is 12.8. The zero-order valence-corrected chi connectivity index (χ0v) is 7.10. The van der Waals surface area contributed by atoms with Gasteiger partial charge in [-0.3, -0.25) is 0 Å². The second-order valence-corrected chi connectivity index (χ2v) is 2.97. The molecule has 1 atom stereocenters. The lowest BCUT2D eigenvalue weighted by Crippen LogP contribution is -2.13. The maximum absolute atomic E-state index is 12.8. The molecule has 0 fully saturated rings. The van der Waals surface area contributed by atoms with Gasteiger partial charge in [0.05, 0.1) is 0 Å². The van der Waals surface area contributed by atoms with Gasteiger partial charge in [-0.25, -0.2) is 4.79 Å². The number of carboxylic acids is 1. The van der Waals surface area contributed by atoms with E-state index in [4.69, 9.17) is 5.11 Å². The molecule has 0 radical (unpaired) electrons. The average Bonchev–Trinajstić information content (AvgIpc) is 2.38. The molecule has 0 unspecified atom stereocenters. The monoisotopic (exact) mass is 190 g/mol. The first-order chi connectivity index (χ1) is 5.66. The predicted octanol–water partition coefficient (Wildman–Crippen LogP) is 1.66. The Morgan fingerprint density at radius 3 is 2.83 bits per heavy atom. The number of carbonyl (C=O) groups is 1. The average molecular weight is 190 g/mol. The quantitative estimate of drug-likeness (QED) is 0.788. The van der Waals surface area contributed by atoms with Crippen LogP contribution in [0.4, 0.5) is 4.39 Å². The third kappa shape index (κ3) is 1.62. The van der Waals surface area contributed by atoms with E-state index in [9.17, 15) is 9.18 Å². The minimum atomic E-state index is -1.20. The molecular weight excluding hydrogens is 183 g/mol. The molecule has 1 aromatic rings. The molecule has 0 bridgehead atoms. The molecule has 1 aromatic heterocycles. The van der Waals surface area contributed by atoms with Crippen molar-refractivity contribution < 1.29 is 19.0 Å². The number of halogens is 1. The second-order valence-electron chi connectivity index (χ2n) is 2.10. The fourth-order valence-electron chi connectivity index (χ4n) is 0.852. The summed E-state index contributed by atoms with van der Waals surface area (Å²) < 4.78 is 17.4. The Hall–Kier alpha value is -0.940. The lowest BCUT2D eigenvalue weighted by molar-refractivity contribution is -0.149. The van der Waals surface area contributed by atoms with E-state index in [1.54, 1.807) is 0 Å². The summed E-state index contributed by atoms with van der Waals surface area (Å²) in [4.78, 5) is 10.5. The smallest absolute Gasteiger partial charge is 0.337 e. The molecule has 0 saturated carbocycles. The van der Waals surface area contributed by atoms with Gasteiger partial charge in [0.1, 0.15) is 0 Å². The Bertz CT molecular complexity index is 284. The van der Waals surface area contributed by atoms with E-state index < -0.39 is 17.2 Å². The Morgan fingerprint density at radius 1 is 1.83 bits per heavy atom. The molecule has 5 heteroatoms. The van der Waals surface area contributed by atoms with Crippen molar-refractivity contribution in [2.75, 3.05) is 7.11 Å². The summed E-state index contributed by atoms with van der Waals surface area (Å²) >= 11 is 0.856. The third-order valence-corrected chi connectivity index (χ3v) is 2.10. The summed E-state index contributed by atoms with van der Waals surface area (Å²) in [6.07, 6.45) is -1.20. The number of thiophene rings is 1. The Morgan fingerprint density at radius 2 is 2.50 bits per heavy atom. The summed E-state index contributed by atoms with van der Waals surface area (Å²) in [5.41, 5.74) is 0.0787. The zero-order chi connectivity index (χ0) is 9.14. The first kappa shape index (κ1) is 9.15. The minimum Gasteiger partial charge on any atom is -0.479 e. The summed E-state index contributed by atoms with van der Waals surface area (Å²) in [6, 6.07) is 1.41. The summed E-state index contributed by atoms with van der Waals surface area (Å²) in [7, 11) is 1.23. The number of carboxylic acid groups (broad SMARTS) is 1. The molecule has 0 spiro atoms. The molecule has 0 aliphatic heterocycles. The predicted molar refractivity (Wildman–Crippen MR) is 41.7 cm³/mol. The fourth-order valence-corrected chi connectivity index (χ4v) is 1.50. The van der Waals surface area contributed by atoms with Crippen LogP contribution in [0.1, 0.15) is 11.7 Å². The lowest BCUT2D eigenvalue weighted by Gasteiger charge is -2.07. The highest BCUT2D eigenvalue weighted by molar-refractivity contribution is 7.08. The molecular formula is C7H7FO3S. The van der Waals surface area contributed by atoms with Crippen molar-refractivity contribution in [3.63, 3.8) is 0 Å². The SMILES string of the molecule is CO[C@H](C(=O)O)c1ccsc1F. The molecule has 1 N–H and O–H groups in total. The van der Waals surface area contributed by atoms with Crippen LogP contribution in [-0.4, -0.2) is 18.2 Å². The zero-order valence-electron chi connectivity index (χ0n) is 6.28. The molecule has 66 valence electrons. The van der Waals surface area contributed by atoms with Crippen LogP contribution in [0.2, 0.25) is 0 Å². The van der Waals surface area contributed by atoms with Gasteiger partial charge in [0.15, 0.2) is 11.2 Å². The van der Waals surface area contributed by atoms with Crippen molar-refractivity contribution in [2.24, 2.45) is 0 Å². The molecule has 3 nitrogen and oxygen atoms in total. The molecule has 1 heterocycles. The number of aliphatic carboxylic acids is 1. The number of ether oxygens (including phenoxy) is 1. The standard InChI is InChI=1S/C7H7FO3S/c1-11-5(7(9)10)4-2-3-12-6(4)8/h2-3,5H,1H3,(H,9,10)/t5-/m0/s1. The van der Waals surface area contributed by atoms with Gasteiger partial charge < -0.3 is 9.84 Å². The first-order valence-corrected chi connectivity index (χ1v) is 4.03. The Balaban J connectivity index is 2.94. The molecule has 0 aliphatic carbocycles. The van der Waals surface area contributed by atoms with Crippen molar-refractivity contribution in [1.82, 2.24) is 0 Å². The fraction of sp³-hybridized carbons (Fsp3) is 0.286. The van der Waals surface area contributed by atoms with Gasteiger partial charge in [-0.1, -0.05) is 0 Å². The van der Waals surface area contributed by atoms with Crippen LogP contribution in [0.15, 0.2) is 11.4 Å². The number of hydrogen-bond donors (Lipinski definition) is 1. The van der Waals surface area contributed by atoms with E-state index in [-0.39, 0.29) is 5.56 Å². The van der Waals surface area contributed by atoms with Crippen LogP contribution >= 0.6 is 11.3 Å². The topological polar surface area (TPSA) is 46.5 Å². The van der Waals surface area contributed by atoms with Gasteiger partial charge in [0, 0.05) is 12.7 Å².